The van der Waals surface area contributed by atoms with Crippen LogP contribution < -0.4 is 0 Å². The van der Waals surface area contributed by atoms with Crippen LogP contribution in [0.15, 0.2) is 158 Å². The maximum Gasteiger partial charge on any atom is 0.160 e. The molecule has 0 amide bonds. The summed E-state index contributed by atoms with van der Waals surface area (Å²) in [5, 5.41) is 4.69. The van der Waals surface area contributed by atoms with Crippen molar-refractivity contribution in [2.45, 2.75) is 0 Å². The van der Waals surface area contributed by atoms with Crippen LogP contribution in [0.5, 0.6) is 0 Å². The minimum atomic E-state index is 0.677. The third kappa shape index (κ3) is 4.79. The van der Waals surface area contributed by atoms with Crippen molar-refractivity contribution in [1.29, 1.82) is 0 Å². The zero-order chi connectivity index (χ0) is 29.3. The van der Waals surface area contributed by atoms with Gasteiger partial charge < -0.3 is 0 Å². The Kier molecular flexibility index (Phi) is 6.43. The molecule has 0 spiro atoms. The van der Waals surface area contributed by atoms with Gasteiger partial charge in [-0.05, 0) is 57.9 Å². The van der Waals surface area contributed by atoms with E-state index in [0.717, 1.165) is 61.4 Å². The number of pyridine rings is 2. The Bertz CT molecular complexity index is 2090. The lowest BCUT2D eigenvalue weighted by molar-refractivity contribution is 1.19. The van der Waals surface area contributed by atoms with Crippen molar-refractivity contribution >= 4 is 21.5 Å². The van der Waals surface area contributed by atoms with Gasteiger partial charge in [-0.3, -0.25) is 9.97 Å². The summed E-state index contributed by atoms with van der Waals surface area (Å²) in [6.07, 6.45) is 3.63. The molecule has 0 radical (unpaired) electrons. The molecule has 0 aliphatic heterocycles. The van der Waals surface area contributed by atoms with E-state index in [1.54, 1.807) is 0 Å². The van der Waals surface area contributed by atoms with Gasteiger partial charge in [-0.1, -0.05) is 109 Å². The van der Waals surface area contributed by atoms with Crippen LogP contribution in [0.2, 0.25) is 0 Å². The van der Waals surface area contributed by atoms with Crippen LogP contribution in [-0.2, 0) is 0 Å². The normalized spacial score (nSPS) is 11.2. The van der Waals surface area contributed by atoms with Crippen LogP contribution in [0.3, 0.4) is 0 Å². The van der Waals surface area contributed by atoms with Crippen LogP contribution in [0, 0.1) is 0 Å². The lowest BCUT2D eigenvalue weighted by atomic mass is 9.94. The van der Waals surface area contributed by atoms with Gasteiger partial charge in [0.15, 0.2) is 5.82 Å². The molecule has 4 nitrogen and oxygen atoms in total. The lowest BCUT2D eigenvalue weighted by Gasteiger charge is -2.14. The highest BCUT2D eigenvalue weighted by Gasteiger charge is 2.16. The summed E-state index contributed by atoms with van der Waals surface area (Å²) in [5.74, 6) is 0.677. The molecule has 0 atom stereocenters. The van der Waals surface area contributed by atoms with Crippen LogP contribution in [0.4, 0.5) is 0 Å². The van der Waals surface area contributed by atoms with Gasteiger partial charge in [-0.2, -0.15) is 0 Å². The molecule has 8 aromatic rings. The summed E-state index contributed by atoms with van der Waals surface area (Å²) in [4.78, 5) is 19.4. The Morgan fingerprint density at radius 3 is 1.32 bits per heavy atom. The third-order valence-electron chi connectivity index (χ3n) is 8.00. The Balaban J connectivity index is 1.32. The first-order chi connectivity index (χ1) is 21.8. The minimum absolute atomic E-state index is 0.677. The summed E-state index contributed by atoms with van der Waals surface area (Å²) >= 11 is 0. The van der Waals surface area contributed by atoms with E-state index >= 15 is 0 Å². The number of nitrogens with zero attached hydrogens (tertiary/aromatic N) is 4. The number of benzene rings is 5. The predicted molar refractivity (Wildman–Crippen MR) is 180 cm³/mol. The van der Waals surface area contributed by atoms with E-state index in [-0.39, 0.29) is 0 Å². The zero-order valence-corrected chi connectivity index (χ0v) is 23.8. The molecule has 0 saturated carbocycles. The first-order valence-electron chi connectivity index (χ1n) is 14.6. The van der Waals surface area contributed by atoms with Crippen molar-refractivity contribution < 1.29 is 0 Å². The number of hydrogen-bond donors (Lipinski definition) is 0. The predicted octanol–water partition coefficient (Wildman–Crippen LogP) is 9.91. The van der Waals surface area contributed by atoms with Gasteiger partial charge in [-0.15, -0.1) is 0 Å². The molecule has 0 fully saturated rings. The van der Waals surface area contributed by atoms with E-state index in [9.17, 15) is 0 Å². The minimum Gasteiger partial charge on any atom is -0.256 e. The Morgan fingerprint density at radius 2 is 0.795 bits per heavy atom. The van der Waals surface area contributed by atoms with E-state index in [1.807, 2.05) is 48.8 Å². The fourth-order valence-corrected chi connectivity index (χ4v) is 5.81. The Hall–Kier alpha value is -6.00. The molecule has 5 aromatic carbocycles. The first kappa shape index (κ1) is 25.7. The molecule has 3 aromatic heterocycles. The third-order valence-corrected chi connectivity index (χ3v) is 8.00. The summed E-state index contributed by atoms with van der Waals surface area (Å²) in [6.45, 7) is 0. The zero-order valence-electron chi connectivity index (χ0n) is 23.8. The molecular weight excluding hydrogens is 536 g/mol. The molecule has 206 valence electrons. The van der Waals surface area contributed by atoms with Crippen molar-refractivity contribution in [2.75, 3.05) is 0 Å². The molecule has 0 unspecified atom stereocenters. The van der Waals surface area contributed by atoms with Crippen LogP contribution in [0.25, 0.3) is 78.0 Å². The SMILES string of the molecule is c1ccc(-c2ccc(-c3cc(-c4c5ccccc5cc5ccccc45)nc(-c4ccc(-c5ccccn5)cc4)n3)cc2)nc1. The molecule has 3 heterocycles. The van der Waals surface area contributed by atoms with E-state index < -0.39 is 0 Å². The van der Waals surface area contributed by atoms with Crippen molar-refractivity contribution in [2.24, 2.45) is 0 Å². The summed E-state index contributed by atoms with van der Waals surface area (Å²) in [6, 6.07) is 50.1. The van der Waals surface area contributed by atoms with Crippen molar-refractivity contribution in [3.05, 3.63) is 158 Å². The molecule has 0 N–H and O–H groups in total. The summed E-state index contributed by atoms with van der Waals surface area (Å²) in [5.41, 5.74) is 8.82. The Morgan fingerprint density at radius 1 is 0.341 bits per heavy atom. The van der Waals surface area contributed by atoms with E-state index in [4.69, 9.17) is 9.97 Å². The van der Waals surface area contributed by atoms with Crippen molar-refractivity contribution in [3.63, 3.8) is 0 Å². The highest BCUT2D eigenvalue weighted by Crippen LogP contribution is 2.38. The second kappa shape index (κ2) is 11.0. The topological polar surface area (TPSA) is 51.6 Å². The molecule has 44 heavy (non-hydrogen) atoms. The van der Waals surface area contributed by atoms with Gasteiger partial charge in [0.25, 0.3) is 0 Å². The molecule has 0 aliphatic rings. The van der Waals surface area contributed by atoms with Crippen LogP contribution >= 0.6 is 0 Å². The Labute approximate surface area is 255 Å². The fraction of sp³-hybridized carbons (Fsp3) is 0. The molecular formula is C40H26N4. The van der Waals surface area contributed by atoms with Gasteiger partial charge in [0.2, 0.25) is 0 Å². The van der Waals surface area contributed by atoms with Crippen LogP contribution in [0.1, 0.15) is 0 Å². The van der Waals surface area contributed by atoms with Crippen molar-refractivity contribution in [3.8, 4) is 56.4 Å². The maximum atomic E-state index is 5.23. The monoisotopic (exact) mass is 562 g/mol. The first-order valence-corrected chi connectivity index (χ1v) is 14.6. The average molecular weight is 563 g/mol. The highest BCUT2D eigenvalue weighted by atomic mass is 14.9. The molecule has 4 heteroatoms. The summed E-state index contributed by atoms with van der Waals surface area (Å²) in [7, 11) is 0. The van der Waals surface area contributed by atoms with E-state index in [2.05, 4.69) is 119 Å². The van der Waals surface area contributed by atoms with Crippen LogP contribution in [-0.4, -0.2) is 19.9 Å². The second-order valence-corrected chi connectivity index (χ2v) is 10.7. The molecule has 8 rings (SSSR count). The van der Waals surface area contributed by atoms with Crippen molar-refractivity contribution in [1.82, 2.24) is 19.9 Å². The standard InChI is InChI=1S/C40H26N4/c1-3-11-33-31(9-1)25-32-10-2-4-12-34(32)39(33)38-26-37(29-17-15-27(16-18-29)35-13-5-7-23-41-35)43-40(44-38)30-21-19-28(20-22-30)36-14-6-8-24-42-36/h1-26H. The smallest absolute Gasteiger partial charge is 0.160 e. The fourth-order valence-electron chi connectivity index (χ4n) is 5.81. The largest absolute Gasteiger partial charge is 0.256 e. The number of fused-ring (bicyclic) bond motifs is 2. The molecule has 0 aliphatic carbocycles. The van der Waals surface area contributed by atoms with Gasteiger partial charge >= 0.3 is 0 Å². The lowest BCUT2D eigenvalue weighted by Crippen LogP contribution is -1.97. The van der Waals surface area contributed by atoms with Gasteiger partial charge in [0.05, 0.1) is 22.8 Å². The van der Waals surface area contributed by atoms with Gasteiger partial charge in [-0.25, -0.2) is 9.97 Å². The van der Waals surface area contributed by atoms with E-state index in [1.165, 1.54) is 10.8 Å². The van der Waals surface area contributed by atoms with E-state index in [0.29, 0.717) is 5.82 Å². The van der Waals surface area contributed by atoms with Gasteiger partial charge in [0, 0.05) is 40.2 Å². The molecule has 0 bridgehead atoms. The quantitative estimate of drug-likeness (QED) is 0.196. The number of hydrogen-bond acceptors (Lipinski definition) is 4. The summed E-state index contributed by atoms with van der Waals surface area (Å²) < 4.78 is 0. The molecule has 0 saturated heterocycles. The average Bonchev–Trinajstić information content (AvgIpc) is 3.11. The maximum absolute atomic E-state index is 5.23. The highest BCUT2D eigenvalue weighted by molar-refractivity contribution is 6.12. The second-order valence-electron chi connectivity index (χ2n) is 10.7. The number of rotatable bonds is 5. The number of aromatic nitrogens is 4. The van der Waals surface area contributed by atoms with Gasteiger partial charge in [0.1, 0.15) is 0 Å².